The number of fused-ring (bicyclic) bond motifs is 1. The first-order valence-electron chi connectivity index (χ1n) is 15.0. The molecule has 0 bridgehead atoms. The summed E-state index contributed by atoms with van der Waals surface area (Å²) in [6, 6.07) is 0. The van der Waals surface area contributed by atoms with Gasteiger partial charge < -0.3 is 28.8 Å². The van der Waals surface area contributed by atoms with Crippen molar-refractivity contribution >= 4 is 17.9 Å². The summed E-state index contributed by atoms with van der Waals surface area (Å²) in [7, 11) is 0. The largest absolute Gasteiger partial charge is 0.456 e. The Balaban J connectivity index is 1.83. The molecule has 0 aromatic rings. The molecule has 230 valence electrons. The van der Waals surface area contributed by atoms with E-state index in [1.54, 1.807) is 0 Å². The van der Waals surface area contributed by atoms with Crippen molar-refractivity contribution in [3.63, 3.8) is 0 Å². The molecule has 0 aromatic heterocycles. The Bertz CT molecular complexity index is 930. The second-order valence-corrected chi connectivity index (χ2v) is 13.8. The van der Waals surface area contributed by atoms with Crippen LogP contribution < -0.4 is 0 Å². The van der Waals surface area contributed by atoms with E-state index >= 15 is 0 Å². The summed E-state index contributed by atoms with van der Waals surface area (Å²) in [6.07, 6.45) is 3.21. The number of carbonyl (C=O) groups excluding carboxylic acids is 3. The van der Waals surface area contributed by atoms with Crippen molar-refractivity contribution in [2.24, 2.45) is 22.7 Å². The van der Waals surface area contributed by atoms with Crippen LogP contribution in [0.2, 0.25) is 0 Å². The Kier molecular flexibility index (Phi) is 10.1. The van der Waals surface area contributed by atoms with Crippen molar-refractivity contribution in [1.82, 2.24) is 0 Å². The maximum atomic E-state index is 12.1. The van der Waals surface area contributed by atoms with Gasteiger partial charge in [0, 0.05) is 20.8 Å². The highest BCUT2D eigenvalue weighted by Gasteiger charge is 2.58. The summed E-state index contributed by atoms with van der Waals surface area (Å²) in [5, 5.41) is 11.6. The van der Waals surface area contributed by atoms with E-state index in [1.807, 2.05) is 20.8 Å². The normalized spacial score (nSPS) is 38.9. The van der Waals surface area contributed by atoms with Crippen molar-refractivity contribution in [2.75, 3.05) is 6.61 Å². The number of ether oxygens (including phenoxy) is 5. The van der Waals surface area contributed by atoms with Crippen LogP contribution in [0.15, 0.2) is 0 Å². The van der Waals surface area contributed by atoms with E-state index in [-0.39, 0.29) is 23.4 Å². The first kappa shape index (κ1) is 32.8. The molecule has 2 aliphatic carbocycles. The van der Waals surface area contributed by atoms with Crippen molar-refractivity contribution in [3.05, 3.63) is 0 Å². The van der Waals surface area contributed by atoms with Crippen LogP contribution in [0.3, 0.4) is 0 Å². The van der Waals surface area contributed by atoms with E-state index in [0.29, 0.717) is 18.8 Å². The number of esters is 3. The third kappa shape index (κ3) is 7.19. The highest BCUT2D eigenvalue weighted by Crippen LogP contribution is 2.63. The number of rotatable bonds is 9. The van der Waals surface area contributed by atoms with Crippen LogP contribution in [0, 0.1) is 22.7 Å². The lowest BCUT2D eigenvalue weighted by Gasteiger charge is -2.61. The molecule has 1 saturated heterocycles. The van der Waals surface area contributed by atoms with Crippen molar-refractivity contribution in [1.29, 1.82) is 0 Å². The molecular formula is C31H52O9. The van der Waals surface area contributed by atoms with Gasteiger partial charge in [0.15, 0.2) is 24.6 Å². The van der Waals surface area contributed by atoms with E-state index < -0.39 is 53.7 Å². The number of hydrogen-bond donors (Lipinski definition) is 1. The molecule has 0 unspecified atom stereocenters. The third-order valence-corrected chi connectivity index (χ3v) is 10.2. The van der Waals surface area contributed by atoms with Gasteiger partial charge in [0.2, 0.25) is 0 Å². The third-order valence-electron chi connectivity index (χ3n) is 10.2. The van der Waals surface area contributed by atoms with Crippen LogP contribution >= 0.6 is 0 Å². The second-order valence-electron chi connectivity index (χ2n) is 13.8. The second kappa shape index (κ2) is 12.3. The first-order chi connectivity index (χ1) is 18.4. The molecule has 1 N–H and O–H groups in total. The van der Waals surface area contributed by atoms with E-state index in [4.69, 9.17) is 23.7 Å². The van der Waals surface area contributed by atoms with Crippen molar-refractivity contribution < 1.29 is 43.2 Å². The number of aliphatic hydroxyl groups is 1. The first-order valence-corrected chi connectivity index (χ1v) is 15.0. The minimum atomic E-state index is -1.12. The van der Waals surface area contributed by atoms with Gasteiger partial charge in [-0.3, -0.25) is 14.4 Å². The van der Waals surface area contributed by atoms with Gasteiger partial charge in [0.1, 0.15) is 0 Å². The van der Waals surface area contributed by atoms with E-state index in [0.717, 1.165) is 32.1 Å². The predicted molar refractivity (Wildman–Crippen MR) is 148 cm³/mol. The van der Waals surface area contributed by atoms with Gasteiger partial charge in [0.05, 0.1) is 17.8 Å². The van der Waals surface area contributed by atoms with Crippen LogP contribution in [-0.2, 0) is 38.1 Å². The van der Waals surface area contributed by atoms with Gasteiger partial charge in [-0.05, 0) is 81.5 Å². The minimum Gasteiger partial charge on any atom is -0.456 e. The molecule has 9 heteroatoms. The quantitative estimate of drug-likeness (QED) is 0.299. The Morgan fingerprint density at radius 3 is 2.10 bits per heavy atom. The van der Waals surface area contributed by atoms with Crippen LogP contribution in [0.5, 0.6) is 0 Å². The zero-order valence-electron chi connectivity index (χ0n) is 26.0. The lowest BCUT2D eigenvalue weighted by Crippen LogP contribution is -2.60. The molecule has 40 heavy (non-hydrogen) atoms. The molecule has 3 fully saturated rings. The van der Waals surface area contributed by atoms with Gasteiger partial charge in [0.25, 0.3) is 0 Å². The summed E-state index contributed by atoms with van der Waals surface area (Å²) in [6.45, 7) is 16.8. The summed E-state index contributed by atoms with van der Waals surface area (Å²) < 4.78 is 28.9. The Hall–Kier alpha value is -1.71. The predicted octanol–water partition coefficient (Wildman–Crippen LogP) is 5.10. The zero-order valence-corrected chi connectivity index (χ0v) is 26.0. The summed E-state index contributed by atoms with van der Waals surface area (Å²) in [5.74, 6) is -1.12. The van der Waals surface area contributed by atoms with E-state index in [1.165, 1.54) is 27.2 Å². The van der Waals surface area contributed by atoms with Crippen LogP contribution in [-0.4, -0.2) is 65.4 Å². The molecule has 2 saturated carbocycles. The van der Waals surface area contributed by atoms with Crippen LogP contribution in [0.1, 0.15) is 114 Å². The van der Waals surface area contributed by atoms with Gasteiger partial charge in [-0.1, -0.05) is 34.1 Å². The average molecular weight is 569 g/mol. The fourth-order valence-corrected chi connectivity index (χ4v) is 8.12. The standard InChI is InChI=1S/C31H52O9/c1-10-29(7,16-12-24-30(8)15-11-14-28(5,6)23(30)13-17-31(24,9)35)40-27-26(39-21(4)34)25(38-20(3)33)22(18-36-27)37-19(2)32/h22-27,35H,10-18H2,1-9H3/t22-,23+,24-,25-,26-,27+,29-,30+,31-/m1/s1. The fraction of sp³-hybridized carbons (Fsp3) is 0.903. The fourth-order valence-electron chi connectivity index (χ4n) is 8.12. The maximum absolute atomic E-state index is 12.1. The average Bonchev–Trinajstić information content (AvgIpc) is 2.80. The molecule has 3 aliphatic rings. The Morgan fingerprint density at radius 2 is 1.52 bits per heavy atom. The molecule has 9 nitrogen and oxygen atoms in total. The lowest BCUT2D eigenvalue weighted by molar-refractivity contribution is -0.307. The van der Waals surface area contributed by atoms with Crippen LogP contribution in [0.4, 0.5) is 0 Å². The Morgan fingerprint density at radius 1 is 0.925 bits per heavy atom. The molecule has 0 aromatic carbocycles. The van der Waals surface area contributed by atoms with E-state index in [9.17, 15) is 19.5 Å². The molecule has 1 aliphatic heterocycles. The highest BCUT2D eigenvalue weighted by molar-refractivity contribution is 5.68. The molecule has 0 spiro atoms. The van der Waals surface area contributed by atoms with Crippen molar-refractivity contribution in [3.8, 4) is 0 Å². The lowest BCUT2D eigenvalue weighted by atomic mass is 9.45. The minimum absolute atomic E-state index is 0.0252. The van der Waals surface area contributed by atoms with Crippen LogP contribution in [0.25, 0.3) is 0 Å². The SMILES string of the molecule is CC[C@](C)(CC[C@@H]1[C@@]2(C)CCCC(C)(C)[C@@H]2CC[C@@]1(C)O)O[C@@H]1OC[C@@H](OC(C)=O)[C@@H](OC(C)=O)[C@H]1OC(C)=O. The summed E-state index contributed by atoms with van der Waals surface area (Å²) >= 11 is 0. The topological polar surface area (TPSA) is 118 Å². The van der Waals surface area contributed by atoms with Gasteiger partial charge in [-0.2, -0.15) is 0 Å². The number of hydrogen-bond acceptors (Lipinski definition) is 9. The van der Waals surface area contributed by atoms with Crippen molar-refractivity contribution in [2.45, 2.75) is 149 Å². The molecular weight excluding hydrogens is 516 g/mol. The molecule has 0 amide bonds. The molecule has 9 atom stereocenters. The van der Waals surface area contributed by atoms with Gasteiger partial charge >= 0.3 is 17.9 Å². The monoisotopic (exact) mass is 568 g/mol. The smallest absolute Gasteiger partial charge is 0.303 e. The van der Waals surface area contributed by atoms with Gasteiger partial charge in [-0.15, -0.1) is 0 Å². The Labute approximate surface area is 240 Å². The van der Waals surface area contributed by atoms with Gasteiger partial charge in [-0.25, -0.2) is 0 Å². The molecule has 1 heterocycles. The molecule has 0 radical (unpaired) electrons. The highest BCUT2D eigenvalue weighted by atomic mass is 16.7. The zero-order chi connectivity index (χ0) is 30.1. The number of carbonyl (C=O) groups is 3. The summed E-state index contributed by atoms with van der Waals surface area (Å²) in [5.41, 5.74) is -1.19. The van der Waals surface area contributed by atoms with E-state index in [2.05, 4.69) is 20.8 Å². The summed E-state index contributed by atoms with van der Waals surface area (Å²) in [4.78, 5) is 35.7. The molecule has 3 rings (SSSR count). The maximum Gasteiger partial charge on any atom is 0.303 e.